The molecule has 1 heterocycles. The summed E-state index contributed by atoms with van der Waals surface area (Å²) in [6.45, 7) is 0. The van der Waals surface area contributed by atoms with Crippen molar-refractivity contribution in [3.05, 3.63) is 46.7 Å². The molecule has 4 nitrogen and oxygen atoms in total. The van der Waals surface area contributed by atoms with E-state index in [9.17, 15) is 4.39 Å². The standard InChI is InChI=1S/C11H8BrFN4S/c12-9-7(11(14)18)1-2-8(10(9)13)17-6-3-15-5-16-4-6/h1-5,17H,(H2,14,18). The van der Waals surface area contributed by atoms with Crippen LogP contribution in [0.15, 0.2) is 35.3 Å². The Hall–Kier alpha value is -1.60. The molecule has 0 aliphatic carbocycles. The Bertz CT molecular complexity index is 591. The Morgan fingerprint density at radius 3 is 2.61 bits per heavy atom. The van der Waals surface area contributed by atoms with Gasteiger partial charge in [-0.3, -0.25) is 0 Å². The van der Waals surface area contributed by atoms with Crippen molar-refractivity contribution in [3.8, 4) is 0 Å². The Morgan fingerprint density at radius 2 is 2.00 bits per heavy atom. The van der Waals surface area contributed by atoms with Crippen LogP contribution in [0.1, 0.15) is 5.56 Å². The number of rotatable bonds is 3. The molecule has 0 spiro atoms. The molecule has 18 heavy (non-hydrogen) atoms. The predicted molar refractivity (Wildman–Crippen MR) is 75.3 cm³/mol. The molecule has 92 valence electrons. The van der Waals surface area contributed by atoms with E-state index in [-0.39, 0.29) is 15.1 Å². The van der Waals surface area contributed by atoms with Crippen LogP contribution in [-0.2, 0) is 0 Å². The minimum atomic E-state index is -0.468. The van der Waals surface area contributed by atoms with Gasteiger partial charge in [-0.05, 0) is 28.1 Å². The SMILES string of the molecule is NC(=S)c1ccc(Nc2cncnc2)c(F)c1Br. The molecule has 0 aliphatic heterocycles. The van der Waals surface area contributed by atoms with E-state index in [0.717, 1.165) is 0 Å². The third-order valence-corrected chi connectivity index (χ3v) is 3.18. The summed E-state index contributed by atoms with van der Waals surface area (Å²) in [5, 5.41) is 2.87. The molecule has 2 rings (SSSR count). The van der Waals surface area contributed by atoms with E-state index in [0.29, 0.717) is 11.3 Å². The van der Waals surface area contributed by atoms with Gasteiger partial charge in [-0.2, -0.15) is 0 Å². The number of nitrogens with two attached hydrogens (primary N) is 1. The van der Waals surface area contributed by atoms with Gasteiger partial charge in [0.2, 0.25) is 0 Å². The molecule has 0 radical (unpaired) electrons. The van der Waals surface area contributed by atoms with Crippen LogP contribution in [0.3, 0.4) is 0 Å². The molecule has 0 amide bonds. The van der Waals surface area contributed by atoms with Crippen LogP contribution in [0, 0.1) is 5.82 Å². The van der Waals surface area contributed by atoms with Gasteiger partial charge in [-0.25, -0.2) is 14.4 Å². The largest absolute Gasteiger partial charge is 0.389 e. The fourth-order valence-electron chi connectivity index (χ4n) is 1.36. The number of aromatic nitrogens is 2. The van der Waals surface area contributed by atoms with E-state index >= 15 is 0 Å². The van der Waals surface area contributed by atoms with Crippen molar-refractivity contribution in [2.24, 2.45) is 5.73 Å². The van der Waals surface area contributed by atoms with Crippen LogP contribution in [0.5, 0.6) is 0 Å². The van der Waals surface area contributed by atoms with Crippen LogP contribution in [-0.4, -0.2) is 15.0 Å². The van der Waals surface area contributed by atoms with Crippen LogP contribution in [0.25, 0.3) is 0 Å². The summed E-state index contributed by atoms with van der Waals surface area (Å²) in [4.78, 5) is 7.79. The first-order chi connectivity index (χ1) is 8.59. The zero-order valence-electron chi connectivity index (χ0n) is 9.02. The van der Waals surface area contributed by atoms with Gasteiger partial charge in [0.1, 0.15) is 11.3 Å². The summed E-state index contributed by atoms with van der Waals surface area (Å²) in [5.74, 6) is -0.468. The second-order valence-electron chi connectivity index (χ2n) is 3.41. The summed E-state index contributed by atoms with van der Waals surface area (Å²) in [5.41, 5.74) is 6.81. The number of anilines is 2. The second kappa shape index (κ2) is 5.36. The molecule has 3 N–H and O–H groups in total. The van der Waals surface area contributed by atoms with Gasteiger partial charge < -0.3 is 11.1 Å². The summed E-state index contributed by atoms with van der Waals surface area (Å²) in [7, 11) is 0. The first-order valence-corrected chi connectivity index (χ1v) is 6.09. The monoisotopic (exact) mass is 326 g/mol. The van der Waals surface area contributed by atoms with Gasteiger partial charge >= 0.3 is 0 Å². The van der Waals surface area contributed by atoms with Crippen molar-refractivity contribution in [3.63, 3.8) is 0 Å². The van der Waals surface area contributed by atoms with Gasteiger partial charge in [-0.1, -0.05) is 12.2 Å². The number of hydrogen-bond donors (Lipinski definition) is 2. The molecular formula is C11H8BrFN4S. The molecule has 2 aromatic rings. The molecule has 1 aromatic carbocycles. The quantitative estimate of drug-likeness (QED) is 0.849. The van der Waals surface area contributed by atoms with Gasteiger partial charge in [-0.15, -0.1) is 0 Å². The van der Waals surface area contributed by atoms with E-state index < -0.39 is 5.82 Å². The van der Waals surface area contributed by atoms with Crippen molar-refractivity contribution >= 4 is 44.5 Å². The number of nitrogens with zero attached hydrogens (tertiary/aromatic N) is 2. The first kappa shape index (κ1) is 12.8. The lowest BCUT2D eigenvalue weighted by Gasteiger charge is -2.10. The van der Waals surface area contributed by atoms with Crippen molar-refractivity contribution in [1.29, 1.82) is 0 Å². The van der Waals surface area contributed by atoms with E-state index in [1.165, 1.54) is 6.33 Å². The van der Waals surface area contributed by atoms with Crippen molar-refractivity contribution in [1.82, 2.24) is 9.97 Å². The Morgan fingerprint density at radius 1 is 1.33 bits per heavy atom. The summed E-state index contributed by atoms with van der Waals surface area (Å²) in [6, 6.07) is 3.20. The lowest BCUT2D eigenvalue weighted by molar-refractivity contribution is 0.625. The maximum absolute atomic E-state index is 14.0. The molecule has 0 saturated heterocycles. The van der Waals surface area contributed by atoms with E-state index in [4.69, 9.17) is 18.0 Å². The Labute approximate surface area is 117 Å². The highest BCUT2D eigenvalue weighted by Gasteiger charge is 2.12. The van der Waals surface area contributed by atoms with E-state index in [2.05, 4.69) is 31.2 Å². The topological polar surface area (TPSA) is 63.8 Å². The molecule has 0 aliphatic rings. The predicted octanol–water partition coefficient (Wildman–Crippen LogP) is 2.76. The van der Waals surface area contributed by atoms with E-state index in [1.54, 1.807) is 24.5 Å². The summed E-state index contributed by atoms with van der Waals surface area (Å²) in [6.07, 6.45) is 4.48. The Balaban J connectivity index is 2.36. The van der Waals surface area contributed by atoms with Crippen LogP contribution in [0.4, 0.5) is 15.8 Å². The maximum atomic E-state index is 14.0. The van der Waals surface area contributed by atoms with Crippen LogP contribution in [0.2, 0.25) is 0 Å². The van der Waals surface area contributed by atoms with Crippen molar-refractivity contribution < 1.29 is 4.39 Å². The third-order valence-electron chi connectivity index (χ3n) is 2.19. The van der Waals surface area contributed by atoms with Gasteiger partial charge in [0.05, 0.1) is 28.2 Å². The molecule has 0 unspecified atom stereocenters. The molecule has 7 heteroatoms. The average Bonchev–Trinajstić information content (AvgIpc) is 2.36. The lowest BCUT2D eigenvalue weighted by atomic mass is 10.2. The summed E-state index contributed by atoms with van der Waals surface area (Å²) >= 11 is 7.95. The molecule has 0 atom stereocenters. The molecule has 0 bridgehead atoms. The number of thiocarbonyl (C=S) groups is 1. The Kier molecular flexibility index (Phi) is 3.83. The smallest absolute Gasteiger partial charge is 0.161 e. The number of benzene rings is 1. The number of hydrogen-bond acceptors (Lipinski definition) is 4. The lowest BCUT2D eigenvalue weighted by Crippen LogP contribution is -2.11. The molecule has 0 fully saturated rings. The van der Waals surface area contributed by atoms with E-state index in [1.807, 2.05) is 0 Å². The molecular weight excluding hydrogens is 319 g/mol. The highest BCUT2D eigenvalue weighted by Crippen LogP contribution is 2.28. The highest BCUT2D eigenvalue weighted by molar-refractivity contribution is 9.10. The normalized spacial score (nSPS) is 10.1. The molecule has 0 saturated carbocycles. The van der Waals surface area contributed by atoms with Gasteiger partial charge in [0, 0.05) is 5.56 Å². The van der Waals surface area contributed by atoms with Crippen molar-refractivity contribution in [2.45, 2.75) is 0 Å². The number of nitrogens with one attached hydrogen (secondary N) is 1. The van der Waals surface area contributed by atoms with Gasteiger partial charge in [0.15, 0.2) is 5.82 Å². The number of halogens is 2. The highest BCUT2D eigenvalue weighted by atomic mass is 79.9. The fraction of sp³-hybridized carbons (Fsp3) is 0. The van der Waals surface area contributed by atoms with Crippen LogP contribution >= 0.6 is 28.1 Å². The second-order valence-corrected chi connectivity index (χ2v) is 4.64. The third kappa shape index (κ3) is 2.62. The maximum Gasteiger partial charge on any atom is 0.161 e. The average molecular weight is 327 g/mol. The molecule has 1 aromatic heterocycles. The first-order valence-electron chi connectivity index (χ1n) is 4.89. The fourth-order valence-corrected chi connectivity index (χ4v) is 2.22. The van der Waals surface area contributed by atoms with Crippen LogP contribution < -0.4 is 11.1 Å². The van der Waals surface area contributed by atoms with Crippen molar-refractivity contribution in [2.75, 3.05) is 5.32 Å². The van der Waals surface area contributed by atoms with Gasteiger partial charge in [0.25, 0.3) is 0 Å². The zero-order chi connectivity index (χ0) is 13.1. The minimum absolute atomic E-state index is 0.135. The zero-order valence-corrected chi connectivity index (χ0v) is 11.4. The summed E-state index contributed by atoms with van der Waals surface area (Å²) < 4.78 is 14.3. The minimum Gasteiger partial charge on any atom is -0.389 e.